The first-order valence-corrected chi connectivity index (χ1v) is 13.5. The first-order chi connectivity index (χ1) is 17.3. The standard InChI is InChI=1S/C25H25F5N4O2S/c1-17-14-34(16-31-17)22-10-5-18(13-23(22)35-2)12-20-4-3-11-33-15-24(36-32-25(20)33)19-6-8-21(9-7-19)37(26,27,28,29)30/h5-10,12-14,16,24H,3-4,11,15H2,1-2H3/b20-12+. The summed E-state index contributed by atoms with van der Waals surface area (Å²) in [7, 11) is -8.12. The molecule has 37 heavy (non-hydrogen) atoms. The molecular formula is C25H25F5N4O2S. The molecule has 6 nitrogen and oxygen atoms in total. The molecule has 198 valence electrons. The summed E-state index contributed by atoms with van der Waals surface area (Å²) in [5, 5.41) is 4.26. The monoisotopic (exact) mass is 540 g/mol. The van der Waals surface area contributed by atoms with Gasteiger partial charge in [-0.05, 0) is 66.8 Å². The largest absolute Gasteiger partial charge is 0.495 e. The van der Waals surface area contributed by atoms with Gasteiger partial charge in [-0.3, -0.25) is 0 Å². The van der Waals surface area contributed by atoms with Crippen molar-refractivity contribution in [2.75, 3.05) is 20.2 Å². The van der Waals surface area contributed by atoms with Crippen LogP contribution in [-0.4, -0.2) is 40.5 Å². The summed E-state index contributed by atoms with van der Waals surface area (Å²) in [5.41, 5.74) is 3.95. The number of fused-ring (bicyclic) bond motifs is 1. The van der Waals surface area contributed by atoms with Crippen LogP contribution in [0.15, 0.2) is 70.6 Å². The van der Waals surface area contributed by atoms with Crippen LogP contribution in [0.1, 0.15) is 35.8 Å². The van der Waals surface area contributed by atoms with Crippen LogP contribution < -0.4 is 4.74 Å². The number of amidine groups is 1. The second-order valence-electron chi connectivity index (χ2n) is 9.12. The molecule has 1 unspecified atom stereocenters. The van der Waals surface area contributed by atoms with Gasteiger partial charge in [-0.1, -0.05) is 42.8 Å². The van der Waals surface area contributed by atoms with E-state index in [1.54, 1.807) is 13.4 Å². The first kappa shape index (κ1) is 25.1. The van der Waals surface area contributed by atoms with Gasteiger partial charge in [0, 0.05) is 12.7 Å². The smallest absolute Gasteiger partial charge is 0.310 e. The molecule has 2 aliphatic rings. The maximum atomic E-state index is 13.0. The van der Waals surface area contributed by atoms with Crippen molar-refractivity contribution in [2.45, 2.75) is 30.8 Å². The van der Waals surface area contributed by atoms with E-state index in [4.69, 9.17) is 9.57 Å². The highest BCUT2D eigenvalue weighted by Crippen LogP contribution is 3.02. The molecular weight excluding hydrogens is 515 g/mol. The molecule has 0 saturated carbocycles. The van der Waals surface area contributed by atoms with Gasteiger partial charge >= 0.3 is 10.2 Å². The third-order valence-electron chi connectivity index (χ3n) is 6.35. The summed E-state index contributed by atoms with van der Waals surface area (Å²) in [6.07, 6.45) is 6.58. The van der Waals surface area contributed by atoms with Crippen molar-refractivity contribution < 1.29 is 29.0 Å². The Morgan fingerprint density at radius 2 is 1.84 bits per heavy atom. The zero-order chi connectivity index (χ0) is 26.5. The molecule has 0 spiro atoms. The molecule has 1 fully saturated rings. The lowest BCUT2D eigenvalue weighted by Gasteiger charge is -2.41. The normalized spacial score (nSPS) is 20.9. The second kappa shape index (κ2) is 8.23. The molecule has 0 bridgehead atoms. The molecule has 0 N–H and O–H groups in total. The van der Waals surface area contributed by atoms with Crippen LogP contribution in [0.3, 0.4) is 0 Å². The SMILES string of the molecule is COc1cc(/C=C2\CCCN3CC(c4ccc(S(F)(F)(F)(F)F)cc4)ON=C23)ccc1-n1cnc(C)c1. The van der Waals surface area contributed by atoms with Gasteiger partial charge in [-0.2, -0.15) is 0 Å². The van der Waals surface area contributed by atoms with Gasteiger partial charge in [0.25, 0.3) is 0 Å². The summed E-state index contributed by atoms with van der Waals surface area (Å²) in [6, 6.07) is 8.68. The third kappa shape index (κ3) is 5.29. The van der Waals surface area contributed by atoms with Crippen molar-refractivity contribution >= 4 is 22.1 Å². The zero-order valence-electron chi connectivity index (χ0n) is 20.1. The number of aryl methyl sites for hydroxylation is 1. The van der Waals surface area contributed by atoms with Crippen LogP contribution >= 0.6 is 10.2 Å². The van der Waals surface area contributed by atoms with Crippen LogP contribution in [0.4, 0.5) is 19.4 Å². The fraction of sp³-hybridized carbons (Fsp3) is 0.280. The van der Waals surface area contributed by atoms with Gasteiger partial charge in [0.1, 0.15) is 10.6 Å². The Balaban J connectivity index is 1.38. The second-order valence-corrected chi connectivity index (χ2v) is 11.5. The molecule has 0 radical (unpaired) electrons. The van der Waals surface area contributed by atoms with Crippen molar-refractivity contribution in [3.05, 3.63) is 77.4 Å². The predicted octanol–water partition coefficient (Wildman–Crippen LogP) is 7.41. The maximum absolute atomic E-state index is 13.0. The van der Waals surface area contributed by atoms with E-state index in [2.05, 4.69) is 10.1 Å². The number of rotatable bonds is 5. The van der Waals surface area contributed by atoms with Crippen LogP contribution in [0.2, 0.25) is 0 Å². The van der Waals surface area contributed by atoms with E-state index in [1.165, 1.54) is 0 Å². The first-order valence-electron chi connectivity index (χ1n) is 11.5. The van der Waals surface area contributed by atoms with E-state index in [0.717, 1.165) is 47.5 Å². The quantitative estimate of drug-likeness (QED) is 0.316. The number of methoxy groups -OCH3 is 1. The molecule has 1 aromatic heterocycles. The van der Waals surface area contributed by atoms with Crippen molar-refractivity contribution in [3.63, 3.8) is 0 Å². The summed E-state index contributed by atoms with van der Waals surface area (Å²) in [6.45, 7) is 2.95. The van der Waals surface area contributed by atoms with Crippen LogP contribution in [-0.2, 0) is 4.84 Å². The molecule has 12 heteroatoms. The van der Waals surface area contributed by atoms with E-state index < -0.39 is 21.2 Å². The van der Waals surface area contributed by atoms with E-state index >= 15 is 0 Å². The molecule has 3 heterocycles. The molecule has 0 amide bonds. The number of imidazole rings is 1. The number of aromatic nitrogens is 2. The lowest BCUT2D eigenvalue weighted by molar-refractivity contribution is 0.0183. The molecule has 1 atom stereocenters. The van der Waals surface area contributed by atoms with Gasteiger partial charge in [0.05, 0.1) is 31.4 Å². The Hall–Kier alpha value is -3.54. The zero-order valence-corrected chi connectivity index (χ0v) is 20.9. The molecule has 0 aliphatic carbocycles. The maximum Gasteiger partial charge on any atom is 0.310 e. The van der Waals surface area contributed by atoms with Crippen LogP contribution in [0.25, 0.3) is 11.8 Å². The fourth-order valence-electron chi connectivity index (χ4n) is 4.52. The lowest BCUT2D eigenvalue weighted by atomic mass is 9.98. The highest BCUT2D eigenvalue weighted by atomic mass is 32.5. The Bertz CT molecular complexity index is 1400. The topological polar surface area (TPSA) is 51.9 Å². The number of ether oxygens (including phenoxy) is 1. The highest BCUT2D eigenvalue weighted by Gasteiger charge is 2.65. The summed E-state index contributed by atoms with van der Waals surface area (Å²) < 4.78 is 72.7. The van der Waals surface area contributed by atoms with Crippen LogP contribution in [0, 0.1) is 6.92 Å². The van der Waals surface area contributed by atoms with E-state index in [9.17, 15) is 19.4 Å². The number of hydrogen-bond acceptors (Lipinski definition) is 5. The minimum atomic E-state index is -9.72. The van der Waals surface area contributed by atoms with Gasteiger partial charge in [0.2, 0.25) is 0 Å². The van der Waals surface area contributed by atoms with Crippen LogP contribution in [0.5, 0.6) is 5.75 Å². The summed E-state index contributed by atoms with van der Waals surface area (Å²) >= 11 is 0. The van der Waals surface area contributed by atoms with Crippen molar-refractivity contribution in [1.29, 1.82) is 0 Å². The van der Waals surface area contributed by atoms with E-state index in [-0.39, 0.29) is 0 Å². The Morgan fingerprint density at radius 1 is 1.08 bits per heavy atom. The minimum absolute atomic E-state index is 0.341. The highest BCUT2D eigenvalue weighted by molar-refractivity contribution is 8.45. The molecule has 1 saturated heterocycles. The van der Waals surface area contributed by atoms with E-state index in [1.807, 2.05) is 46.9 Å². The van der Waals surface area contributed by atoms with Gasteiger partial charge in [-0.25, -0.2) is 4.98 Å². The molecule has 3 aromatic rings. The number of nitrogens with zero attached hydrogens (tertiary/aromatic N) is 4. The average molecular weight is 541 g/mol. The van der Waals surface area contributed by atoms with Gasteiger partial charge in [0.15, 0.2) is 11.9 Å². The number of hydrogen-bond donors (Lipinski definition) is 0. The van der Waals surface area contributed by atoms with Gasteiger partial charge < -0.3 is 19.0 Å². The Kier molecular flexibility index (Phi) is 5.59. The third-order valence-corrected chi connectivity index (χ3v) is 7.51. The fourth-order valence-corrected chi connectivity index (χ4v) is 5.17. The molecule has 5 rings (SSSR count). The number of halogens is 5. The Labute approximate surface area is 210 Å². The van der Waals surface area contributed by atoms with Crippen molar-refractivity contribution in [2.24, 2.45) is 5.16 Å². The van der Waals surface area contributed by atoms with E-state index in [0.29, 0.717) is 42.4 Å². The van der Waals surface area contributed by atoms with Gasteiger partial charge in [-0.15, -0.1) is 0 Å². The minimum Gasteiger partial charge on any atom is -0.495 e. The lowest BCUT2D eigenvalue weighted by Crippen LogP contribution is -2.43. The number of piperidine rings is 1. The Morgan fingerprint density at radius 3 is 2.49 bits per heavy atom. The molecule has 2 aliphatic heterocycles. The van der Waals surface area contributed by atoms with Crippen molar-refractivity contribution in [3.8, 4) is 11.4 Å². The number of oxime groups is 1. The summed E-state index contributed by atoms with van der Waals surface area (Å²) in [4.78, 5) is 9.95. The number of benzene rings is 2. The molecule has 2 aromatic carbocycles. The van der Waals surface area contributed by atoms with Crippen molar-refractivity contribution in [1.82, 2.24) is 14.5 Å². The summed E-state index contributed by atoms with van der Waals surface area (Å²) in [5.74, 6) is 1.33. The average Bonchev–Trinajstić information content (AvgIpc) is 3.28. The predicted molar refractivity (Wildman–Crippen MR) is 133 cm³/mol.